The van der Waals surface area contributed by atoms with Gasteiger partial charge in [0.2, 0.25) is 0 Å². The normalized spacial score (nSPS) is 12.9. The summed E-state index contributed by atoms with van der Waals surface area (Å²) >= 11 is 12.0. The molecule has 1 atom stereocenters. The van der Waals surface area contributed by atoms with Gasteiger partial charge in [0.15, 0.2) is 0 Å². The minimum atomic E-state index is 0.155. The van der Waals surface area contributed by atoms with Crippen molar-refractivity contribution in [2.24, 2.45) is 0 Å². The minimum absolute atomic E-state index is 0.155. The van der Waals surface area contributed by atoms with Crippen molar-refractivity contribution >= 4 is 23.2 Å². The fourth-order valence-corrected chi connectivity index (χ4v) is 2.09. The van der Waals surface area contributed by atoms with E-state index in [-0.39, 0.29) is 12.5 Å². The zero-order chi connectivity index (χ0) is 9.84. The molecule has 0 saturated heterocycles. The summed E-state index contributed by atoms with van der Waals surface area (Å²) in [5.41, 5.74) is 0.930. The topological polar surface area (TPSA) is 20.2 Å². The number of halogens is 2. The molecule has 0 fully saturated rings. The van der Waals surface area contributed by atoms with E-state index in [0.29, 0.717) is 16.5 Å². The molecule has 1 rings (SSSR count). The highest BCUT2D eigenvalue weighted by molar-refractivity contribution is 6.36. The Labute approximate surface area is 88.3 Å². The molecule has 0 saturated carbocycles. The van der Waals surface area contributed by atoms with Crippen LogP contribution in [0, 0.1) is 0 Å². The van der Waals surface area contributed by atoms with Crippen LogP contribution in [0.1, 0.15) is 24.8 Å². The lowest BCUT2D eigenvalue weighted by Crippen LogP contribution is -1.98. The molecule has 0 radical (unpaired) electrons. The van der Waals surface area contributed by atoms with Crippen molar-refractivity contribution in [2.45, 2.75) is 19.3 Å². The Bertz CT molecular complexity index is 266. The first-order valence-electron chi connectivity index (χ1n) is 4.21. The molecule has 0 spiro atoms. The smallest absolute Gasteiger partial charge is 0.0455 e. The number of aliphatic hydroxyl groups is 1. The standard InChI is InChI=1S/C10H12Cl2O/c1-7(5-6-13)10-8(11)3-2-4-9(10)12/h2-4,7,13H,5-6H2,1H3. The molecule has 1 aromatic carbocycles. The summed E-state index contributed by atoms with van der Waals surface area (Å²) in [6, 6.07) is 5.45. The largest absolute Gasteiger partial charge is 0.396 e. The summed E-state index contributed by atoms with van der Waals surface area (Å²) in [5.74, 6) is 0.200. The molecule has 1 nitrogen and oxygen atoms in total. The predicted octanol–water partition coefficient (Wildman–Crippen LogP) is 3.48. The fourth-order valence-electron chi connectivity index (χ4n) is 1.32. The van der Waals surface area contributed by atoms with Gasteiger partial charge in [0.25, 0.3) is 0 Å². The van der Waals surface area contributed by atoms with E-state index in [1.54, 1.807) is 0 Å². The third kappa shape index (κ3) is 2.60. The van der Waals surface area contributed by atoms with Gasteiger partial charge in [0.1, 0.15) is 0 Å². The second kappa shape index (κ2) is 4.85. The van der Waals surface area contributed by atoms with Crippen molar-refractivity contribution in [2.75, 3.05) is 6.61 Å². The molecule has 0 aromatic heterocycles. The van der Waals surface area contributed by atoms with Crippen LogP contribution in [0.15, 0.2) is 18.2 Å². The van der Waals surface area contributed by atoms with Gasteiger partial charge in [-0.15, -0.1) is 0 Å². The van der Waals surface area contributed by atoms with Crippen molar-refractivity contribution < 1.29 is 5.11 Å². The molecule has 0 aliphatic heterocycles. The second-order valence-corrected chi connectivity index (χ2v) is 3.86. The Balaban J connectivity index is 2.98. The van der Waals surface area contributed by atoms with Gasteiger partial charge in [-0.3, -0.25) is 0 Å². The third-order valence-corrected chi connectivity index (χ3v) is 2.71. The molecule has 1 unspecified atom stereocenters. The highest BCUT2D eigenvalue weighted by Gasteiger charge is 2.12. The monoisotopic (exact) mass is 218 g/mol. The van der Waals surface area contributed by atoms with Gasteiger partial charge in [-0.2, -0.15) is 0 Å². The average molecular weight is 219 g/mol. The highest BCUT2D eigenvalue weighted by Crippen LogP contribution is 2.32. The molecule has 13 heavy (non-hydrogen) atoms. The number of aliphatic hydroxyl groups excluding tert-OH is 1. The zero-order valence-corrected chi connectivity index (χ0v) is 8.94. The Morgan fingerprint density at radius 3 is 2.31 bits per heavy atom. The lowest BCUT2D eigenvalue weighted by Gasteiger charge is -2.13. The SMILES string of the molecule is CC(CCO)c1c(Cl)cccc1Cl. The van der Waals surface area contributed by atoms with Crippen LogP contribution in [0.4, 0.5) is 0 Å². The summed E-state index contributed by atoms with van der Waals surface area (Å²) < 4.78 is 0. The quantitative estimate of drug-likeness (QED) is 0.824. The van der Waals surface area contributed by atoms with E-state index >= 15 is 0 Å². The Hall–Kier alpha value is -0.240. The minimum Gasteiger partial charge on any atom is -0.396 e. The summed E-state index contributed by atoms with van der Waals surface area (Å²) in [4.78, 5) is 0. The van der Waals surface area contributed by atoms with Gasteiger partial charge in [-0.25, -0.2) is 0 Å². The summed E-state index contributed by atoms with van der Waals surface area (Å²) in [5, 5.41) is 10.1. The van der Waals surface area contributed by atoms with Crippen LogP contribution in [0.3, 0.4) is 0 Å². The van der Waals surface area contributed by atoms with Crippen LogP contribution in [0.2, 0.25) is 10.0 Å². The zero-order valence-electron chi connectivity index (χ0n) is 7.43. The number of benzene rings is 1. The molecule has 1 N–H and O–H groups in total. The van der Waals surface area contributed by atoms with Crippen LogP contribution >= 0.6 is 23.2 Å². The Morgan fingerprint density at radius 1 is 1.31 bits per heavy atom. The Kier molecular flexibility index (Phi) is 4.04. The van der Waals surface area contributed by atoms with Crippen LogP contribution in [0.5, 0.6) is 0 Å². The second-order valence-electron chi connectivity index (χ2n) is 3.05. The fraction of sp³-hybridized carbons (Fsp3) is 0.400. The lowest BCUT2D eigenvalue weighted by atomic mass is 9.98. The van der Waals surface area contributed by atoms with Crippen molar-refractivity contribution in [1.82, 2.24) is 0 Å². The summed E-state index contributed by atoms with van der Waals surface area (Å²) in [7, 11) is 0. The highest BCUT2D eigenvalue weighted by atomic mass is 35.5. The summed E-state index contributed by atoms with van der Waals surface area (Å²) in [6.45, 7) is 2.16. The van der Waals surface area contributed by atoms with Gasteiger partial charge in [0.05, 0.1) is 0 Å². The van der Waals surface area contributed by atoms with E-state index in [4.69, 9.17) is 28.3 Å². The first-order chi connectivity index (χ1) is 6.16. The van der Waals surface area contributed by atoms with E-state index < -0.39 is 0 Å². The molecule has 0 heterocycles. The van der Waals surface area contributed by atoms with Crippen LogP contribution in [-0.4, -0.2) is 11.7 Å². The number of rotatable bonds is 3. The van der Waals surface area contributed by atoms with Crippen LogP contribution in [-0.2, 0) is 0 Å². The lowest BCUT2D eigenvalue weighted by molar-refractivity contribution is 0.278. The maximum absolute atomic E-state index is 8.79. The molecular formula is C10H12Cl2O. The Morgan fingerprint density at radius 2 is 1.85 bits per heavy atom. The predicted molar refractivity (Wildman–Crippen MR) is 56.6 cm³/mol. The van der Waals surface area contributed by atoms with E-state index in [1.165, 1.54) is 0 Å². The molecule has 1 aromatic rings. The number of hydrogen-bond acceptors (Lipinski definition) is 1. The van der Waals surface area contributed by atoms with E-state index in [2.05, 4.69) is 0 Å². The van der Waals surface area contributed by atoms with Crippen molar-refractivity contribution in [3.8, 4) is 0 Å². The molecule has 0 amide bonds. The van der Waals surface area contributed by atoms with Gasteiger partial charge in [0, 0.05) is 16.7 Å². The molecule has 72 valence electrons. The third-order valence-electron chi connectivity index (χ3n) is 2.05. The maximum atomic E-state index is 8.79. The van der Waals surface area contributed by atoms with Gasteiger partial charge >= 0.3 is 0 Å². The van der Waals surface area contributed by atoms with Crippen molar-refractivity contribution in [3.05, 3.63) is 33.8 Å². The van der Waals surface area contributed by atoms with Crippen molar-refractivity contribution in [1.29, 1.82) is 0 Å². The first-order valence-corrected chi connectivity index (χ1v) is 4.97. The van der Waals surface area contributed by atoms with E-state index in [9.17, 15) is 0 Å². The molecular weight excluding hydrogens is 207 g/mol. The van der Waals surface area contributed by atoms with Gasteiger partial charge in [-0.1, -0.05) is 36.2 Å². The molecule has 0 aliphatic carbocycles. The van der Waals surface area contributed by atoms with Gasteiger partial charge < -0.3 is 5.11 Å². The number of hydrogen-bond donors (Lipinski definition) is 1. The van der Waals surface area contributed by atoms with E-state index in [1.807, 2.05) is 25.1 Å². The molecule has 3 heteroatoms. The van der Waals surface area contributed by atoms with Gasteiger partial charge in [-0.05, 0) is 30.0 Å². The average Bonchev–Trinajstić information content (AvgIpc) is 2.04. The maximum Gasteiger partial charge on any atom is 0.0455 e. The van der Waals surface area contributed by atoms with Crippen molar-refractivity contribution in [3.63, 3.8) is 0 Å². The van der Waals surface area contributed by atoms with Crippen LogP contribution in [0.25, 0.3) is 0 Å². The molecule has 0 bridgehead atoms. The first kappa shape index (κ1) is 10.8. The van der Waals surface area contributed by atoms with E-state index in [0.717, 1.165) is 5.56 Å². The van der Waals surface area contributed by atoms with Crippen LogP contribution < -0.4 is 0 Å². The molecule has 0 aliphatic rings. The summed E-state index contributed by atoms with van der Waals surface area (Å²) in [6.07, 6.45) is 0.684.